The Labute approximate surface area is 175 Å². The van der Waals surface area contributed by atoms with Crippen molar-refractivity contribution in [3.63, 3.8) is 0 Å². The van der Waals surface area contributed by atoms with E-state index in [1.165, 1.54) is 17.7 Å². The van der Waals surface area contributed by atoms with E-state index < -0.39 is 0 Å². The predicted octanol–water partition coefficient (Wildman–Crippen LogP) is 4.13. The number of fused-ring (bicyclic) bond motifs is 1. The van der Waals surface area contributed by atoms with E-state index in [0.717, 1.165) is 60.4 Å². The fraction of sp³-hybridized carbons (Fsp3) is 0.250. The molecule has 0 unspecified atom stereocenters. The number of halogens is 1. The van der Waals surface area contributed by atoms with Crippen LogP contribution >= 0.6 is 0 Å². The van der Waals surface area contributed by atoms with Crippen molar-refractivity contribution in [3.05, 3.63) is 78.5 Å². The Morgan fingerprint density at radius 3 is 2.40 bits per heavy atom. The van der Waals surface area contributed by atoms with Gasteiger partial charge in [-0.1, -0.05) is 6.07 Å². The van der Waals surface area contributed by atoms with Crippen molar-refractivity contribution in [2.45, 2.75) is 25.4 Å². The molecule has 152 valence electrons. The van der Waals surface area contributed by atoms with Gasteiger partial charge in [-0.15, -0.1) is 0 Å². The molecule has 1 aliphatic rings. The molecular weight excluding hydrogens is 377 g/mol. The molecule has 6 heteroatoms. The van der Waals surface area contributed by atoms with Crippen LogP contribution in [0.15, 0.2) is 67.1 Å². The van der Waals surface area contributed by atoms with E-state index in [4.69, 9.17) is 10.8 Å². The van der Waals surface area contributed by atoms with Crippen LogP contribution in [-0.4, -0.2) is 38.6 Å². The quantitative estimate of drug-likeness (QED) is 0.559. The van der Waals surface area contributed by atoms with Crippen molar-refractivity contribution >= 4 is 5.52 Å². The molecule has 5 rings (SSSR count). The van der Waals surface area contributed by atoms with Gasteiger partial charge in [-0.3, -0.25) is 9.88 Å². The van der Waals surface area contributed by atoms with Gasteiger partial charge in [0.05, 0.1) is 5.52 Å². The number of rotatable bonds is 4. The maximum atomic E-state index is 13.5. The highest BCUT2D eigenvalue weighted by Crippen LogP contribution is 2.35. The van der Waals surface area contributed by atoms with Crippen LogP contribution in [0.5, 0.6) is 0 Å². The summed E-state index contributed by atoms with van der Waals surface area (Å²) >= 11 is 0. The van der Waals surface area contributed by atoms with Gasteiger partial charge in [0.1, 0.15) is 11.5 Å². The van der Waals surface area contributed by atoms with Gasteiger partial charge in [0.2, 0.25) is 0 Å². The fourth-order valence-corrected chi connectivity index (χ4v) is 4.17. The number of benzene rings is 1. The second kappa shape index (κ2) is 7.97. The van der Waals surface area contributed by atoms with Gasteiger partial charge in [-0.2, -0.15) is 5.10 Å². The summed E-state index contributed by atoms with van der Waals surface area (Å²) in [5, 5.41) is 4.89. The first kappa shape index (κ1) is 18.9. The summed E-state index contributed by atoms with van der Waals surface area (Å²) in [5.74, 6) is -0.253. The second-order valence-corrected chi connectivity index (χ2v) is 7.95. The Hall–Kier alpha value is -3.09. The molecule has 1 aliphatic heterocycles. The highest BCUT2D eigenvalue weighted by molar-refractivity contribution is 5.92. The van der Waals surface area contributed by atoms with Gasteiger partial charge in [0, 0.05) is 42.3 Å². The van der Waals surface area contributed by atoms with Crippen molar-refractivity contribution < 1.29 is 4.39 Å². The van der Waals surface area contributed by atoms with Crippen LogP contribution in [0.1, 0.15) is 18.4 Å². The summed E-state index contributed by atoms with van der Waals surface area (Å²) in [7, 11) is 0. The van der Waals surface area contributed by atoms with Crippen molar-refractivity contribution in [1.82, 2.24) is 19.5 Å². The van der Waals surface area contributed by atoms with Gasteiger partial charge < -0.3 is 5.73 Å². The average molecular weight is 401 g/mol. The lowest BCUT2D eigenvalue weighted by atomic mass is 10.0. The third-order valence-electron chi connectivity index (χ3n) is 5.82. The standard InChI is InChI=1S/C24H24FN5/c25-20-4-2-19(3-5-20)24-23(18-7-11-27-12-8-18)22-6-1-17(16-30(22)28-24)15-29-13-9-21(26)10-14-29/h1-8,11-12,16,21H,9-10,13-15,26H2. The maximum Gasteiger partial charge on any atom is 0.123 e. The number of pyridine rings is 2. The molecule has 0 bridgehead atoms. The molecule has 0 saturated carbocycles. The van der Waals surface area contributed by atoms with Crippen molar-refractivity contribution in [1.29, 1.82) is 0 Å². The molecule has 5 nitrogen and oxygen atoms in total. The summed E-state index contributed by atoms with van der Waals surface area (Å²) in [6.45, 7) is 2.95. The van der Waals surface area contributed by atoms with E-state index in [9.17, 15) is 4.39 Å². The molecule has 1 aromatic carbocycles. The smallest absolute Gasteiger partial charge is 0.123 e. The van der Waals surface area contributed by atoms with Crippen LogP contribution in [0.4, 0.5) is 4.39 Å². The number of hydrogen-bond acceptors (Lipinski definition) is 4. The van der Waals surface area contributed by atoms with Crippen LogP contribution in [0.3, 0.4) is 0 Å². The molecular formula is C24H24FN5. The third kappa shape index (κ3) is 3.72. The zero-order valence-electron chi connectivity index (χ0n) is 16.7. The Morgan fingerprint density at radius 2 is 1.67 bits per heavy atom. The lowest BCUT2D eigenvalue weighted by molar-refractivity contribution is 0.205. The van der Waals surface area contributed by atoms with Crippen LogP contribution in [0, 0.1) is 5.82 Å². The number of hydrogen-bond donors (Lipinski definition) is 1. The molecule has 0 aliphatic carbocycles. The van der Waals surface area contributed by atoms with E-state index in [1.54, 1.807) is 24.5 Å². The van der Waals surface area contributed by atoms with E-state index in [1.807, 2.05) is 16.6 Å². The second-order valence-electron chi connectivity index (χ2n) is 7.95. The predicted molar refractivity (Wildman–Crippen MR) is 116 cm³/mol. The van der Waals surface area contributed by atoms with E-state index >= 15 is 0 Å². The molecule has 2 N–H and O–H groups in total. The van der Waals surface area contributed by atoms with Crippen molar-refractivity contribution in [2.75, 3.05) is 13.1 Å². The SMILES string of the molecule is NC1CCN(Cc2ccc3c(-c4ccncc4)c(-c4ccc(F)cc4)nn3c2)CC1. The van der Waals surface area contributed by atoms with Crippen molar-refractivity contribution in [2.24, 2.45) is 5.73 Å². The molecule has 0 amide bonds. The number of piperidine rings is 1. The largest absolute Gasteiger partial charge is 0.328 e. The molecule has 0 spiro atoms. The lowest BCUT2D eigenvalue weighted by Crippen LogP contribution is -2.39. The van der Waals surface area contributed by atoms with Crippen LogP contribution in [0.25, 0.3) is 27.9 Å². The molecule has 1 saturated heterocycles. The van der Waals surface area contributed by atoms with Gasteiger partial charge in [0.15, 0.2) is 0 Å². The minimum absolute atomic E-state index is 0.253. The fourth-order valence-electron chi connectivity index (χ4n) is 4.17. The molecule has 0 atom stereocenters. The van der Waals surface area contributed by atoms with Gasteiger partial charge >= 0.3 is 0 Å². The Morgan fingerprint density at radius 1 is 0.933 bits per heavy atom. The zero-order chi connectivity index (χ0) is 20.5. The maximum absolute atomic E-state index is 13.5. The lowest BCUT2D eigenvalue weighted by Gasteiger charge is -2.29. The summed E-state index contributed by atoms with van der Waals surface area (Å²) < 4.78 is 15.4. The van der Waals surface area contributed by atoms with Crippen LogP contribution < -0.4 is 5.73 Å². The van der Waals surface area contributed by atoms with Crippen LogP contribution in [0.2, 0.25) is 0 Å². The van der Waals surface area contributed by atoms with E-state index in [-0.39, 0.29) is 5.82 Å². The van der Waals surface area contributed by atoms with Gasteiger partial charge in [-0.25, -0.2) is 8.91 Å². The Bertz CT molecular complexity index is 1150. The first-order valence-corrected chi connectivity index (χ1v) is 10.3. The Kier molecular flexibility index (Phi) is 5.02. The van der Waals surface area contributed by atoms with Crippen LogP contribution in [-0.2, 0) is 6.54 Å². The summed E-state index contributed by atoms with van der Waals surface area (Å²) in [6.07, 6.45) is 7.75. The first-order chi connectivity index (χ1) is 14.7. The molecule has 4 heterocycles. The topological polar surface area (TPSA) is 59.5 Å². The molecule has 30 heavy (non-hydrogen) atoms. The summed E-state index contributed by atoms with van der Waals surface area (Å²) in [6, 6.07) is 15.1. The average Bonchev–Trinajstić information content (AvgIpc) is 3.15. The van der Waals surface area contributed by atoms with E-state index in [2.05, 4.69) is 28.2 Å². The monoisotopic (exact) mass is 401 g/mol. The van der Waals surface area contributed by atoms with Gasteiger partial charge in [0.25, 0.3) is 0 Å². The molecule has 1 fully saturated rings. The summed E-state index contributed by atoms with van der Waals surface area (Å²) in [5.41, 5.74) is 12.1. The number of aromatic nitrogens is 3. The zero-order valence-corrected chi connectivity index (χ0v) is 16.7. The Balaban J connectivity index is 1.57. The number of nitrogens with zero attached hydrogens (tertiary/aromatic N) is 4. The molecule has 3 aromatic heterocycles. The number of likely N-dealkylation sites (tertiary alicyclic amines) is 1. The first-order valence-electron chi connectivity index (χ1n) is 10.3. The highest BCUT2D eigenvalue weighted by atomic mass is 19.1. The molecule has 4 aromatic rings. The van der Waals surface area contributed by atoms with Crippen molar-refractivity contribution in [3.8, 4) is 22.4 Å². The minimum Gasteiger partial charge on any atom is -0.328 e. The third-order valence-corrected chi connectivity index (χ3v) is 5.82. The number of nitrogens with two attached hydrogens (primary N) is 1. The molecule has 0 radical (unpaired) electrons. The summed E-state index contributed by atoms with van der Waals surface area (Å²) in [4.78, 5) is 6.59. The highest BCUT2D eigenvalue weighted by Gasteiger charge is 2.19. The minimum atomic E-state index is -0.253. The van der Waals surface area contributed by atoms with E-state index in [0.29, 0.717) is 6.04 Å². The normalized spacial score (nSPS) is 15.7. The van der Waals surface area contributed by atoms with Gasteiger partial charge in [-0.05, 0) is 79.5 Å².